The van der Waals surface area contributed by atoms with Crippen molar-refractivity contribution in [2.75, 3.05) is 6.61 Å². The highest BCUT2D eigenvalue weighted by molar-refractivity contribution is 5.65. The van der Waals surface area contributed by atoms with Gasteiger partial charge in [-0.05, 0) is 19.3 Å². The van der Waals surface area contributed by atoms with Gasteiger partial charge in [0.2, 0.25) is 0 Å². The third-order valence-electron chi connectivity index (χ3n) is 2.73. The van der Waals surface area contributed by atoms with Crippen LogP contribution in [0.25, 0.3) is 0 Å². The number of carbonyl (C=O) groups is 1. The molecule has 2 fully saturated rings. The van der Waals surface area contributed by atoms with Gasteiger partial charge in [0, 0.05) is 12.8 Å². The van der Waals surface area contributed by atoms with Crippen molar-refractivity contribution < 1.29 is 14.3 Å². The molecule has 0 spiro atoms. The van der Waals surface area contributed by atoms with Crippen molar-refractivity contribution in [3.05, 3.63) is 0 Å². The van der Waals surface area contributed by atoms with Crippen LogP contribution in [0.3, 0.4) is 0 Å². The molecule has 2 heterocycles. The molecule has 2 aliphatic heterocycles. The van der Waals surface area contributed by atoms with Crippen LogP contribution >= 0.6 is 0 Å². The molecule has 0 aromatic rings. The highest BCUT2D eigenvalue weighted by atomic mass is 16.5. The largest absolute Gasteiger partial charge is 0.465 e. The van der Waals surface area contributed by atoms with Gasteiger partial charge in [-0.15, -0.1) is 0 Å². The van der Waals surface area contributed by atoms with Crippen LogP contribution in [0.2, 0.25) is 0 Å². The SMILES string of the molecule is CC(=O)OCC1CC2CCC1O2. The number of rotatable bonds is 2. The Kier molecular flexibility index (Phi) is 2.05. The Hall–Kier alpha value is -0.570. The standard InChI is InChI=1S/C9H14O3/c1-6(10)11-5-7-4-8-2-3-9(7)12-8/h7-9H,2-5H2,1H3. The van der Waals surface area contributed by atoms with Crippen LogP contribution < -0.4 is 0 Å². The summed E-state index contributed by atoms with van der Waals surface area (Å²) < 4.78 is 10.6. The van der Waals surface area contributed by atoms with Crippen LogP contribution in [0, 0.1) is 5.92 Å². The van der Waals surface area contributed by atoms with Crippen LogP contribution in [0.1, 0.15) is 26.2 Å². The van der Waals surface area contributed by atoms with E-state index in [1.807, 2.05) is 0 Å². The first kappa shape index (κ1) is 8.05. The highest BCUT2D eigenvalue weighted by Crippen LogP contribution is 2.38. The third kappa shape index (κ3) is 1.46. The van der Waals surface area contributed by atoms with Crippen molar-refractivity contribution in [3.8, 4) is 0 Å². The van der Waals surface area contributed by atoms with E-state index in [4.69, 9.17) is 9.47 Å². The molecule has 12 heavy (non-hydrogen) atoms. The van der Waals surface area contributed by atoms with Gasteiger partial charge in [-0.1, -0.05) is 0 Å². The Morgan fingerprint density at radius 2 is 2.42 bits per heavy atom. The molecule has 0 amide bonds. The van der Waals surface area contributed by atoms with E-state index < -0.39 is 0 Å². The van der Waals surface area contributed by atoms with E-state index >= 15 is 0 Å². The molecule has 3 unspecified atom stereocenters. The summed E-state index contributed by atoms with van der Waals surface area (Å²) in [6.07, 6.45) is 4.25. The highest BCUT2D eigenvalue weighted by Gasteiger charge is 2.40. The normalized spacial score (nSPS) is 38.6. The number of fused-ring (bicyclic) bond motifs is 2. The Bertz CT molecular complexity index is 190. The fraction of sp³-hybridized carbons (Fsp3) is 0.889. The van der Waals surface area contributed by atoms with Gasteiger partial charge in [-0.25, -0.2) is 0 Å². The molecule has 0 saturated carbocycles. The third-order valence-corrected chi connectivity index (χ3v) is 2.73. The van der Waals surface area contributed by atoms with Crippen molar-refractivity contribution in [2.24, 2.45) is 5.92 Å². The molecule has 0 aromatic heterocycles. The molecule has 3 nitrogen and oxygen atoms in total. The molecule has 2 saturated heterocycles. The Balaban J connectivity index is 1.79. The minimum absolute atomic E-state index is 0.183. The Morgan fingerprint density at radius 1 is 1.58 bits per heavy atom. The summed E-state index contributed by atoms with van der Waals surface area (Å²) in [7, 11) is 0. The van der Waals surface area contributed by atoms with E-state index in [-0.39, 0.29) is 5.97 Å². The maximum Gasteiger partial charge on any atom is 0.302 e. The van der Waals surface area contributed by atoms with Gasteiger partial charge in [0.25, 0.3) is 0 Å². The molecule has 3 heteroatoms. The average molecular weight is 170 g/mol. The van der Waals surface area contributed by atoms with Crippen molar-refractivity contribution in [3.63, 3.8) is 0 Å². The molecule has 2 aliphatic rings. The van der Waals surface area contributed by atoms with Crippen molar-refractivity contribution in [1.29, 1.82) is 0 Å². The lowest BCUT2D eigenvalue weighted by atomic mass is 9.90. The molecule has 0 aliphatic carbocycles. The van der Waals surface area contributed by atoms with Crippen LogP contribution in [-0.4, -0.2) is 24.8 Å². The van der Waals surface area contributed by atoms with Gasteiger partial charge in [0.1, 0.15) is 0 Å². The Morgan fingerprint density at radius 3 is 2.92 bits per heavy atom. The van der Waals surface area contributed by atoms with Crippen LogP contribution in [0.4, 0.5) is 0 Å². The van der Waals surface area contributed by atoms with Gasteiger partial charge >= 0.3 is 5.97 Å². The fourth-order valence-corrected chi connectivity index (χ4v) is 2.14. The minimum atomic E-state index is -0.183. The van der Waals surface area contributed by atoms with Crippen LogP contribution in [0.5, 0.6) is 0 Å². The summed E-state index contributed by atoms with van der Waals surface area (Å²) in [4.78, 5) is 10.5. The lowest BCUT2D eigenvalue weighted by Crippen LogP contribution is -2.22. The van der Waals surface area contributed by atoms with Crippen molar-refractivity contribution >= 4 is 5.97 Å². The quantitative estimate of drug-likeness (QED) is 0.582. The predicted octanol–water partition coefficient (Wildman–Crippen LogP) is 1.12. The first-order valence-corrected chi connectivity index (χ1v) is 4.54. The van der Waals surface area contributed by atoms with E-state index in [9.17, 15) is 4.79 Å². The molecule has 0 aromatic carbocycles. The second kappa shape index (κ2) is 3.05. The zero-order valence-corrected chi connectivity index (χ0v) is 7.29. The molecular formula is C9H14O3. The van der Waals surface area contributed by atoms with Gasteiger partial charge in [-0.3, -0.25) is 4.79 Å². The molecular weight excluding hydrogens is 156 g/mol. The summed E-state index contributed by atoms with van der Waals surface area (Å²) in [6.45, 7) is 2.00. The zero-order chi connectivity index (χ0) is 8.55. The number of hydrogen-bond acceptors (Lipinski definition) is 3. The number of ether oxygens (including phenoxy) is 2. The molecule has 0 radical (unpaired) electrons. The second-order valence-electron chi connectivity index (χ2n) is 3.67. The average Bonchev–Trinajstić information content (AvgIpc) is 2.60. The first-order chi connectivity index (χ1) is 5.75. The van der Waals surface area contributed by atoms with Crippen LogP contribution in [0.15, 0.2) is 0 Å². The maximum atomic E-state index is 10.5. The van der Waals surface area contributed by atoms with Gasteiger partial charge in [0.05, 0.1) is 18.8 Å². The van der Waals surface area contributed by atoms with E-state index in [2.05, 4.69) is 0 Å². The summed E-state index contributed by atoms with van der Waals surface area (Å²) in [5.74, 6) is 0.283. The number of esters is 1. The second-order valence-corrected chi connectivity index (χ2v) is 3.67. The fourth-order valence-electron chi connectivity index (χ4n) is 2.14. The van der Waals surface area contributed by atoms with Gasteiger partial charge < -0.3 is 9.47 Å². The Labute approximate surface area is 72.0 Å². The van der Waals surface area contributed by atoms with Gasteiger partial charge in [0.15, 0.2) is 0 Å². The summed E-state index contributed by atoms with van der Waals surface area (Å²) in [6, 6.07) is 0. The summed E-state index contributed by atoms with van der Waals surface area (Å²) >= 11 is 0. The monoisotopic (exact) mass is 170 g/mol. The molecule has 3 atom stereocenters. The van der Waals surface area contributed by atoms with E-state index in [1.54, 1.807) is 0 Å². The topological polar surface area (TPSA) is 35.5 Å². The molecule has 2 rings (SSSR count). The summed E-state index contributed by atoms with van der Waals surface area (Å²) in [5.41, 5.74) is 0. The zero-order valence-electron chi connectivity index (χ0n) is 7.29. The number of carbonyl (C=O) groups excluding carboxylic acids is 1. The summed E-state index contributed by atoms with van der Waals surface area (Å²) in [5, 5.41) is 0. The molecule has 2 bridgehead atoms. The van der Waals surface area contributed by atoms with Crippen molar-refractivity contribution in [2.45, 2.75) is 38.4 Å². The van der Waals surface area contributed by atoms with Gasteiger partial charge in [-0.2, -0.15) is 0 Å². The minimum Gasteiger partial charge on any atom is -0.465 e. The first-order valence-electron chi connectivity index (χ1n) is 4.54. The predicted molar refractivity (Wildman–Crippen MR) is 42.6 cm³/mol. The van der Waals surface area contributed by atoms with Crippen molar-refractivity contribution in [1.82, 2.24) is 0 Å². The van der Waals surface area contributed by atoms with E-state index in [1.165, 1.54) is 13.3 Å². The van der Waals surface area contributed by atoms with E-state index in [0.29, 0.717) is 24.7 Å². The maximum absolute atomic E-state index is 10.5. The smallest absolute Gasteiger partial charge is 0.302 e. The lowest BCUT2D eigenvalue weighted by Gasteiger charge is -2.17. The molecule has 68 valence electrons. The van der Waals surface area contributed by atoms with E-state index in [0.717, 1.165) is 12.8 Å². The number of hydrogen-bond donors (Lipinski definition) is 0. The lowest BCUT2D eigenvalue weighted by molar-refractivity contribution is -0.142. The van der Waals surface area contributed by atoms with Crippen LogP contribution in [-0.2, 0) is 14.3 Å². The molecule has 0 N–H and O–H groups in total.